The summed E-state index contributed by atoms with van der Waals surface area (Å²) in [6, 6.07) is 16.4. The number of fused-ring (bicyclic) bond motifs is 1. The summed E-state index contributed by atoms with van der Waals surface area (Å²) < 4.78 is 0. The molecule has 0 fully saturated rings. The van der Waals surface area contributed by atoms with Crippen LogP contribution in [0.25, 0.3) is 0 Å². The zero-order valence-corrected chi connectivity index (χ0v) is 19.8. The standard InChI is InChI=1S/C27H29NO3S/c1-26(2)13-14-27(3,4)21-16-19(11-12-20(21)26)23(22-6-5-15-32-22)28-24(29)17-7-9-18(10-8-17)25(30)31/h5-12,15-16,23H,13-14H2,1-4H3,(H,28,29)(H,30,31). The van der Waals surface area contributed by atoms with E-state index < -0.39 is 5.97 Å². The number of carboxylic acid groups (broad SMARTS) is 1. The number of nitrogens with one attached hydrogen (secondary N) is 1. The SMILES string of the molecule is CC1(C)CCC(C)(C)c2cc(C(NC(=O)c3ccc(C(=O)O)cc3)c3cccs3)ccc21. The van der Waals surface area contributed by atoms with E-state index in [1.165, 1.54) is 23.3 Å². The number of carbonyl (C=O) groups is 2. The van der Waals surface area contributed by atoms with Gasteiger partial charge in [0.1, 0.15) is 0 Å². The minimum absolute atomic E-state index is 0.0809. The third-order valence-electron chi connectivity index (χ3n) is 6.71. The zero-order chi connectivity index (χ0) is 23.1. The number of thiophene rings is 1. The molecule has 1 heterocycles. The number of carboxylic acids is 1. The first-order chi connectivity index (χ1) is 15.1. The zero-order valence-electron chi connectivity index (χ0n) is 18.9. The van der Waals surface area contributed by atoms with Crippen molar-refractivity contribution in [1.29, 1.82) is 0 Å². The van der Waals surface area contributed by atoms with Crippen LogP contribution in [0, 0.1) is 0 Å². The molecule has 4 rings (SSSR count). The molecule has 1 aliphatic rings. The molecule has 1 atom stereocenters. The predicted octanol–water partition coefficient (Wildman–Crippen LogP) is 6.31. The molecule has 0 aliphatic heterocycles. The van der Waals surface area contributed by atoms with Crippen molar-refractivity contribution in [2.45, 2.75) is 57.4 Å². The summed E-state index contributed by atoms with van der Waals surface area (Å²) >= 11 is 1.61. The molecule has 5 heteroatoms. The normalized spacial score (nSPS) is 17.2. The van der Waals surface area contributed by atoms with E-state index in [9.17, 15) is 9.59 Å². The number of benzene rings is 2. The van der Waals surface area contributed by atoms with Crippen LogP contribution in [0.2, 0.25) is 0 Å². The lowest BCUT2D eigenvalue weighted by Gasteiger charge is -2.42. The van der Waals surface area contributed by atoms with Crippen LogP contribution in [-0.2, 0) is 10.8 Å². The lowest BCUT2D eigenvalue weighted by molar-refractivity contribution is 0.0696. The van der Waals surface area contributed by atoms with Crippen LogP contribution in [0.5, 0.6) is 0 Å². The number of rotatable bonds is 5. The van der Waals surface area contributed by atoms with Gasteiger partial charge in [0.15, 0.2) is 0 Å². The first-order valence-electron chi connectivity index (χ1n) is 10.9. The third-order valence-corrected chi connectivity index (χ3v) is 7.64. The van der Waals surface area contributed by atoms with Crippen LogP contribution in [0.15, 0.2) is 60.0 Å². The molecule has 3 aromatic rings. The fraction of sp³-hybridized carbons (Fsp3) is 0.333. The summed E-state index contributed by atoms with van der Waals surface area (Å²) in [5.74, 6) is -1.23. The molecular weight excluding hydrogens is 418 g/mol. The molecule has 1 unspecified atom stereocenters. The highest BCUT2D eigenvalue weighted by atomic mass is 32.1. The minimum atomic E-state index is -1.01. The van der Waals surface area contributed by atoms with Crippen LogP contribution < -0.4 is 5.32 Å². The molecule has 1 amide bonds. The topological polar surface area (TPSA) is 66.4 Å². The Balaban J connectivity index is 1.71. The monoisotopic (exact) mass is 447 g/mol. The maximum atomic E-state index is 13.1. The average molecular weight is 448 g/mol. The van der Waals surface area contributed by atoms with E-state index in [0.717, 1.165) is 23.3 Å². The van der Waals surface area contributed by atoms with E-state index in [1.54, 1.807) is 23.5 Å². The van der Waals surface area contributed by atoms with Gasteiger partial charge in [-0.2, -0.15) is 0 Å². The van der Waals surface area contributed by atoms with Crippen LogP contribution in [0.3, 0.4) is 0 Å². The molecule has 4 nitrogen and oxygen atoms in total. The van der Waals surface area contributed by atoms with Gasteiger partial charge in [-0.3, -0.25) is 4.79 Å². The van der Waals surface area contributed by atoms with Gasteiger partial charge in [0.25, 0.3) is 5.91 Å². The first-order valence-corrected chi connectivity index (χ1v) is 11.8. The lowest BCUT2D eigenvalue weighted by Crippen LogP contribution is -2.34. The molecular formula is C27H29NO3S. The molecule has 32 heavy (non-hydrogen) atoms. The highest BCUT2D eigenvalue weighted by Gasteiger charge is 2.37. The first kappa shape index (κ1) is 22.3. The highest BCUT2D eigenvalue weighted by molar-refractivity contribution is 7.10. The molecule has 0 radical (unpaired) electrons. The van der Waals surface area contributed by atoms with Gasteiger partial charge in [0.05, 0.1) is 11.6 Å². The quantitative estimate of drug-likeness (QED) is 0.481. The molecule has 0 saturated heterocycles. The Hall–Kier alpha value is -2.92. The van der Waals surface area contributed by atoms with Gasteiger partial charge in [-0.05, 0) is 76.1 Å². The van der Waals surface area contributed by atoms with Gasteiger partial charge in [-0.15, -0.1) is 11.3 Å². The molecule has 0 bridgehead atoms. The number of aromatic carboxylic acids is 1. The molecule has 0 spiro atoms. The van der Waals surface area contributed by atoms with Gasteiger partial charge in [-0.25, -0.2) is 4.79 Å². The summed E-state index contributed by atoms with van der Waals surface area (Å²) in [6.07, 6.45) is 2.28. The van der Waals surface area contributed by atoms with E-state index >= 15 is 0 Å². The minimum Gasteiger partial charge on any atom is -0.478 e. The van der Waals surface area contributed by atoms with E-state index in [2.05, 4.69) is 51.2 Å². The lowest BCUT2D eigenvalue weighted by atomic mass is 9.63. The second kappa shape index (κ2) is 8.21. The molecule has 2 aromatic carbocycles. The Morgan fingerprint density at radius 3 is 2.12 bits per heavy atom. The maximum absolute atomic E-state index is 13.1. The summed E-state index contributed by atoms with van der Waals surface area (Å²) in [4.78, 5) is 25.3. The van der Waals surface area contributed by atoms with Crippen LogP contribution >= 0.6 is 11.3 Å². The summed E-state index contributed by atoms with van der Waals surface area (Å²) in [5, 5.41) is 14.3. The van der Waals surface area contributed by atoms with E-state index in [1.807, 2.05) is 17.5 Å². The van der Waals surface area contributed by atoms with Crippen molar-refractivity contribution in [3.8, 4) is 0 Å². The third kappa shape index (κ3) is 4.22. The van der Waals surface area contributed by atoms with Crippen molar-refractivity contribution in [3.05, 3.63) is 92.7 Å². The second-order valence-corrected chi connectivity index (χ2v) is 10.9. The Labute approximate surface area is 193 Å². The smallest absolute Gasteiger partial charge is 0.335 e. The number of carbonyl (C=O) groups excluding carboxylic acids is 1. The van der Waals surface area contributed by atoms with Gasteiger partial charge in [0.2, 0.25) is 0 Å². The molecule has 0 saturated carbocycles. The van der Waals surface area contributed by atoms with Crippen molar-refractivity contribution >= 4 is 23.2 Å². The molecule has 1 aliphatic carbocycles. The second-order valence-electron chi connectivity index (χ2n) is 9.88. The van der Waals surface area contributed by atoms with Crippen molar-refractivity contribution in [3.63, 3.8) is 0 Å². The van der Waals surface area contributed by atoms with Crippen LogP contribution in [0.4, 0.5) is 0 Å². The highest BCUT2D eigenvalue weighted by Crippen LogP contribution is 2.46. The van der Waals surface area contributed by atoms with Gasteiger partial charge in [0, 0.05) is 10.4 Å². The summed E-state index contributed by atoms with van der Waals surface area (Å²) in [6.45, 7) is 9.21. The average Bonchev–Trinajstić information content (AvgIpc) is 3.29. The van der Waals surface area contributed by atoms with Gasteiger partial charge in [-0.1, -0.05) is 52.0 Å². The van der Waals surface area contributed by atoms with Crippen LogP contribution in [0.1, 0.15) is 88.9 Å². The van der Waals surface area contributed by atoms with Crippen molar-refractivity contribution in [1.82, 2.24) is 5.32 Å². The van der Waals surface area contributed by atoms with Gasteiger partial charge < -0.3 is 10.4 Å². The van der Waals surface area contributed by atoms with Crippen LogP contribution in [-0.4, -0.2) is 17.0 Å². The molecule has 2 N–H and O–H groups in total. The maximum Gasteiger partial charge on any atom is 0.335 e. The summed E-state index contributed by atoms with van der Waals surface area (Å²) in [7, 11) is 0. The van der Waals surface area contributed by atoms with Crippen molar-refractivity contribution in [2.75, 3.05) is 0 Å². The Morgan fingerprint density at radius 2 is 1.53 bits per heavy atom. The fourth-order valence-corrected chi connectivity index (χ4v) is 5.34. The van der Waals surface area contributed by atoms with E-state index in [-0.39, 0.29) is 28.3 Å². The molecule has 166 valence electrons. The summed E-state index contributed by atoms with van der Waals surface area (Å²) in [5.41, 5.74) is 4.62. The van der Waals surface area contributed by atoms with Crippen molar-refractivity contribution in [2.24, 2.45) is 0 Å². The number of hydrogen-bond acceptors (Lipinski definition) is 3. The number of hydrogen-bond donors (Lipinski definition) is 2. The van der Waals surface area contributed by atoms with E-state index in [0.29, 0.717) is 5.56 Å². The van der Waals surface area contributed by atoms with E-state index in [4.69, 9.17) is 5.11 Å². The number of amides is 1. The largest absolute Gasteiger partial charge is 0.478 e. The molecule has 1 aromatic heterocycles. The Kier molecular flexibility index (Phi) is 5.72. The Bertz CT molecular complexity index is 1140. The fourth-order valence-electron chi connectivity index (χ4n) is 4.54. The Morgan fingerprint density at radius 1 is 0.906 bits per heavy atom. The predicted molar refractivity (Wildman–Crippen MR) is 129 cm³/mol. The van der Waals surface area contributed by atoms with Gasteiger partial charge >= 0.3 is 5.97 Å². The van der Waals surface area contributed by atoms with Crippen molar-refractivity contribution < 1.29 is 14.7 Å².